The maximum Gasteiger partial charge on any atom is 0.302 e. The lowest BCUT2D eigenvalue weighted by molar-refractivity contribution is -0.227. The molecule has 5 heteroatoms. The number of ether oxygens (including phenoxy) is 2. The summed E-state index contributed by atoms with van der Waals surface area (Å²) in [5, 5.41) is 10.3. The minimum atomic E-state index is -0.480. The number of aliphatic hydroxyl groups excluding tert-OH is 1. The number of aliphatic hydroxyl groups is 1. The van der Waals surface area contributed by atoms with Crippen LogP contribution in [0, 0.1) is 33.5 Å². The minimum Gasteiger partial charge on any atom is -0.462 e. The molecule has 162 valence electrons. The molecule has 0 radical (unpaired) electrons. The van der Waals surface area contributed by atoms with E-state index in [9.17, 15) is 14.7 Å². The molecule has 29 heavy (non-hydrogen) atoms. The van der Waals surface area contributed by atoms with Crippen LogP contribution in [0.5, 0.6) is 0 Å². The summed E-state index contributed by atoms with van der Waals surface area (Å²) in [6, 6.07) is 0. The molecule has 4 rings (SSSR count). The Bertz CT molecular complexity index is 742. The number of hydrogen-bond acceptors (Lipinski definition) is 5. The summed E-state index contributed by atoms with van der Waals surface area (Å²) in [5.74, 6) is 0.180. The quantitative estimate of drug-likeness (QED) is 0.568. The minimum absolute atomic E-state index is 0.00503. The van der Waals surface area contributed by atoms with Gasteiger partial charge in [-0.15, -0.1) is 0 Å². The van der Waals surface area contributed by atoms with Crippen molar-refractivity contribution in [2.75, 3.05) is 6.61 Å². The average Bonchev–Trinajstić information content (AvgIpc) is 2.94. The Hall–Kier alpha value is -1.36. The lowest BCUT2D eigenvalue weighted by Gasteiger charge is -2.66. The van der Waals surface area contributed by atoms with Crippen molar-refractivity contribution in [2.45, 2.75) is 85.4 Å². The van der Waals surface area contributed by atoms with Gasteiger partial charge in [-0.05, 0) is 61.2 Å². The molecule has 5 nitrogen and oxygen atoms in total. The number of carbonyl (C=O) groups excluding carboxylic acids is 2. The molecule has 0 unspecified atom stereocenters. The maximum absolute atomic E-state index is 12.0. The standard InChI is InChI=1S/C24H36O5/c1-15(26)28-19-7-8-21(3,4)17-6-9-23-10-11-24(13-23,14-25)20(29-16(2)27)12-18(23)22(17,19)5/h10-11,17-20,25H,6-9,12-14H2,1-5H3/t17-,18+,19+,20-,22-,23+,24-/m1/s1. The zero-order valence-corrected chi connectivity index (χ0v) is 18.5. The van der Waals surface area contributed by atoms with E-state index in [-0.39, 0.29) is 52.9 Å². The van der Waals surface area contributed by atoms with Gasteiger partial charge in [0.2, 0.25) is 0 Å². The van der Waals surface area contributed by atoms with Crippen molar-refractivity contribution in [3.63, 3.8) is 0 Å². The molecule has 0 aliphatic heterocycles. The second kappa shape index (κ2) is 6.57. The number of rotatable bonds is 3. The smallest absolute Gasteiger partial charge is 0.302 e. The van der Waals surface area contributed by atoms with Gasteiger partial charge in [-0.2, -0.15) is 0 Å². The van der Waals surface area contributed by atoms with Crippen LogP contribution in [0.3, 0.4) is 0 Å². The molecule has 1 spiro atoms. The van der Waals surface area contributed by atoms with Gasteiger partial charge in [0.15, 0.2) is 0 Å². The third kappa shape index (κ3) is 2.90. The van der Waals surface area contributed by atoms with Gasteiger partial charge in [-0.1, -0.05) is 32.9 Å². The first-order valence-corrected chi connectivity index (χ1v) is 11.1. The second-order valence-corrected chi connectivity index (χ2v) is 11.1. The highest BCUT2D eigenvalue weighted by Crippen LogP contribution is 2.72. The van der Waals surface area contributed by atoms with E-state index in [1.54, 1.807) is 0 Å². The van der Waals surface area contributed by atoms with E-state index in [1.165, 1.54) is 13.8 Å². The van der Waals surface area contributed by atoms with Crippen molar-refractivity contribution < 1.29 is 24.2 Å². The molecular weight excluding hydrogens is 368 g/mol. The second-order valence-electron chi connectivity index (χ2n) is 11.1. The molecule has 7 atom stereocenters. The van der Waals surface area contributed by atoms with Gasteiger partial charge < -0.3 is 14.6 Å². The third-order valence-corrected chi connectivity index (χ3v) is 9.19. The Balaban J connectivity index is 1.79. The van der Waals surface area contributed by atoms with Gasteiger partial charge in [0.25, 0.3) is 0 Å². The van der Waals surface area contributed by atoms with Crippen LogP contribution in [0.1, 0.15) is 73.1 Å². The van der Waals surface area contributed by atoms with Gasteiger partial charge >= 0.3 is 11.9 Å². The van der Waals surface area contributed by atoms with Crippen LogP contribution < -0.4 is 0 Å². The van der Waals surface area contributed by atoms with E-state index in [1.807, 2.05) is 0 Å². The highest BCUT2D eigenvalue weighted by molar-refractivity contribution is 5.66. The van der Waals surface area contributed by atoms with Crippen LogP contribution in [0.2, 0.25) is 0 Å². The van der Waals surface area contributed by atoms with Crippen molar-refractivity contribution in [1.29, 1.82) is 0 Å². The van der Waals surface area contributed by atoms with Crippen molar-refractivity contribution in [3.8, 4) is 0 Å². The van der Waals surface area contributed by atoms with E-state index in [0.29, 0.717) is 12.3 Å². The van der Waals surface area contributed by atoms with E-state index in [4.69, 9.17) is 9.47 Å². The number of carbonyl (C=O) groups is 2. The Labute approximate surface area is 174 Å². The van der Waals surface area contributed by atoms with E-state index < -0.39 is 5.41 Å². The molecule has 1 N–H and O–H groups in total. The predicted molar refractivity (Wildman–Crippen MR) is 109 cm³/mol. The molecule has 0 aromatic carbocycles. The summed E-state index contributed by atoms with van der Waals surface area (Å²) in [7, 11) is 0. The molecule has 2 bridgehead atoms. The third-order valence-electron chi connectivity index (χ3n) is 9.19. The van der Waals surface area contributed by atoms with Gasteiger partial charge in [-0.25, -0.2) is 0 Å². The Morgan fingerprint density at radius 1 is 0.966 bits per heavy atom. The monoisotopic (exact) mass is 404 g/mol. The number of esters is 2. The largest absolute Gasteiger partial charge is 0.462 e. The van der Waals surface area contributed by atoms with Crippen LogP contribution in [0.4, 0.5) is 0 Å². The Morgan fingerprint density at radius 3 is 2.24 bits per heavy atom. The lowest BCUT2D eigenvalue weighted by atomic mass is 9.39. The summed E-state index contributed by atoms with van der Waals surface area (Å²) in [6.45, 7) is 9.98. The predicted octanol–water partition coefficient (Wildman–Crippen LogP) is 4.03. The fraction of sp³-hybridized carbons (Fsp3) is 0.833. The summed E-state index contributed by atoms with van der Waals surface area (Å²) < 4.78 is 11.8. The molecular formula is C24H36O5. The van der Waals surface area contributed by atoms with E-state index in [2.05, 4.69) is 32.9 Å². The zero-order chi connectivity index (χ0) is 21.2. The molecule has 0 aromatic rings. The maximum atomic E-state index is 12.0. The van der Waals surface area contributed by atoms with Gasteiger partial charge in [0.1, 0.15) is 12.2 Å². The Kier molecular flexibility index (Phi) is 4.73. The summed E-state index contributed by atoms with van der Waals surface area (Å²) in [6.07, 6.45) is 9.62. The van der Waals surface area contributed by atoms with Gasteiger partial charge in [0, 0.05) is 24.7 Å². The normalized spacial score (nSPS) is 47.1. The number of fused-ring (bicyclic) bond motifs is 3. The first kappa shape index (κ1) is 20.9. The number of allylic oxidation sites excluding steroid dienone is 1. The van der Waals surface area contributed by atoms with Crippen molar-refractivity contribution in [3.05, 3.63) is 12.2 Å². The van der Waals surface area contributed by atoms with E-state index in [0.717, 1.165) is 32.1 Å². The molecule has 4 aliphatic rings. The molecule has 3 saturated carbocycles. The SMILES string of the molecule is CC(=O)O[C@H]1CCC(C)(C)[C@H]2CC[C@]34C=C[C@](CO)(C3)[C@H](OC(C)=O)C[C@H]4[C@]12C. The summed E-state index contributed by atoms with van der Waals surface area (Å²) in [4.78, 5) is 23.9. The first-order chi connectivity index (χ1) is 13.5. The molecule has 4 aliphatic carbocycles. The fourth-order valence-electron chi connectivity index (χ4n) is 8.02. The van der Waals surface area contributed by atoms with E-state index >= 15 is 0 Å². The molecule has 0 saturated heterocycles. The number of hydrogen-bond donors (Lipinski definition) is 1. The summed E-state index contributed by atoms with van der Waals surface area (Å²) in [5.41, 5.74) is -0.499. The van der Waals surface area contributed by atoms with Crippen molar-refractivity contribution in [1.82, 2.24) is 0 Å². The fourth-order valence-corrected chi connectivity index (χ4v) is 8.02. The molecule has 3 fully saturated rings. The van der Waals surface area contributed by atoms with Gasteiger partial charge in [0.05, 0.1) is 6.61 Å². The van der Waals surface area contributed by atoms with Crippen LogP contribution in [-0.4, -0.2) is 35.9 Å². The highest BCUT2D eigenvalue weighted by Gasteiger charge is 2.69. The summed E-state index contributed by atoms with van der Waals surface area (Å²) >= 11 is 0. The van der Waals surface area contributed by atoms with Crippen LogP contribution in [-0.2, 0) is 19.1 Å². The van der Waals surface area contributed by atoms with Crippen LogP contribution in [0.25, 0.3) is 0 Å². The molecule has 0 amide bonds. The topological polar surface area (TPSA) is 72.8 Å². The van der Waals surface area contributed by atoms with Crippen LogP contribution >= 0.6 is 0 Å². The Morgan fingerprint density at radius 2 is 1.62 bits per heavy atom. The lowest BCUT2D eigenvalue weighted by Crippen LogP contribution is -2.64. The zero-order valence-electron chi connectivity index (χ0n) is 18.5. The van der Waals surface area contributed by atoms with Crippen molar-refractivity contribution >= 4 is 11.9 Å². The van der Waals surface area contributed by atoms with Gasteiger partial charge in [-0.3, -0.25) is 9.59 Å². The average molecular weight is 405 g/mol. The molecule has 0 aromatic heterocycles. The van der Waals surface area contributed by atoms with Crippen molar-refractivity contribution in [2.24, 2.45) is 33.5 Å². The van der Waals surface area contributed by atoms with Crippen LogP contribution in [0.15, 0.2) is 12.2 Å². The highest BCUT2D eigenvalue weighted by atomic mass is 16.5. The molecule has 0 heterocycles. The first-order valence-electron chi connectivity index (χ1n) is 11.1.